The van der Waals surface area contributed by atoms with Gasteiger partial charge >= 0.3 is 12.4 Å². The predicted octanol–water partition coefficient (Wildman–Crippen LogP) is 4.43. The fourth-order valence-electron chi connectivity index (χ4n) is 3.34. The first-order valence-electron chi connectivity index (χ1n) is 9.13. The van der Waals surface area contributed by atoms with Gasteiger partial charge in [-0.1, -0.05) is 6.92 Å². The van der Waals surface area contributed by atoms with E-state index in [1.165, 1.54) is 4.68 Å². The van der Waals surface area contributed by atoms with Gasteiger partial charge in [0.15, 0.2) is 5.65 Å². The molecular weight excluding hydrogens is 416 g/mol. The lowest BCUT2D eigenvalue weighted by Gasteiger charge is -2.17. The molecule has 30 heavy (non-hydrogen) atoms. The van der Waals surface area contributed by atoms with Gasteiger partial charge in [0.05, 0.1) is 23.0 Å². The Morgan fingerprint density at radius 2 is 1.87 bits per heavy atom. The molecule has 3 aromatic heterocycles. The third-order valence-electron chi connectivity index (χ3n) is 4.96. The first-order valence-corrected chi connectivity index (χ1v) is 9.13. The molecule has 0 bridgehead atoms. The molecule has 4 rings (SSSR count). The third kappa shape index (κ3) is 3.54. The summed E-state index contributed by atoms with van der Waals surface area (Å²) < 4.78 is 79.2. The maximum atomic E-state index is 13.2. The van der Waals surface area contributed by atoms with Gasteiger partial charge in [0, 0.05) is 12.1 Å². The molecule has 0 saturated heterocycles. The topological polar surface area (TPSA) is 76.5 Å². The largest absolute Gasteiger partial charge is 0.449 e. The fraction of sp³-hybridized carbons (Fsp3) is 0.444. The number of aromatic amines is 1. The monoisotopic (exact) mass is 431 g/mol. The van der Waals surface area contributed by atoms with E-state index in [1.807, 2.05) is 0 Å². The molecule has 3 heterocycles. The van der Waals surface area contributed by atoms with Crippen molar-refractivity contribution in [3.63, 3.8) is 0 Å². The second kappa shape index (κ2) is 6.81. The Kier molecular flexibility index (Phi) is 4.62. The summed E-state index contributed by atoms with van der Waals surface area (Å²) in [5.41, 5.74) is -1.64. The lowest BCUT2D eigenvalue weighted by molar-refractivity contribution is -0.145. The zero-order chi connectivity index (χ0) is 21.8. The van der Waals surface area contributed by atoms with Crippen molar-refractivity contribution in [2.75, 3.05) is 0 Å². The minimum atomic E-state index is -4.88. The molecule has 160 valence electrons. The standard InChI is InChI=1S/C18H15F6N5O/c1-2-11(10-6-5-9(7-25-10)17(19,20)21)29-14-12(13(28-29)8-3-4-8)15(30)27-16(26-14)18(22,23)24/h5-8,11H,2-4H2,1H3,(H,26,27,30). The van der Waals surface area contributed by atoms with Crippen LogP contribution in [-0.2, 0) is 12.4 Å². The van der Waals surface area contributed by atoms with Crippen molar-refractivity contribution >= 4 is 11.0 Å². The highest BCUT2D eigenvalue weighted by molar-refractivity contribution is 5.78. The molecule has 1 aliphatic carbocycles. The summed E-state index contributed by atoms with van der Waals surface area (Å²) in [5, 5.41) is 4.33. The van der Waals surface area contributed by atoms with E-state index in [0.717, 1.165) is 25.0 Å². The number of alkyl halides is 6. The average Bonchev–Trinajstić information content (AvgIpc) is 3.43. The minimum absolute atomic E-state index is 0.0316. The van der Waals surface area contributed by atoms with E-state index < -0.39 is 35.3 Å². The Balaban J connectivity index is 1.89. The smallest absolute Gasteiger partial charge is 0.302 e. The summed E-state index contributed by atoms with van der Waals surface area (Å²) in [6.07, 6.45) is -7.05. The summed E-state index contributed by atoms with van der Waals surface area (Å²) in [4.78, 5) is 21.6. The highest BCUT2D eigenvalue weighted by Gasteiger charge is 2.38. The van der Waals surface area contributed by atoms with Crippen molar-refractivity contribution in [2.24, 2.45) is 0 Å². The maximum absolute atomic E-state index is 13.2. The Morgan fingerprint density at radius 3 is 2.37 bits per heavy atom. The summed E-state index contributed by atoms with van der Waals surface area (Å²) in [5.74, 6) is -1.52. The van der Waals surface area contributed by atoms with E-state index in [2.05, 4.69) is 15.1 Å². The molecule has 1 aliphatic rings. The highest BCUT2D eigenvalue weighted by Crippen LogP contribution is 2.42. The first kappa shape index (κ1) is 20.4. The highest BCUT2D eigenvalue weighted by atomic mass is 19.4. The molecule has 6 nitrogen and oxygen atoms in total. The molecule has 0 aliphatic heterocycles. The Morgan fingerprint density at radius 1 is 1.17 bits per heavy atom. The zero-order valence-corrected chi connectivity index (χ0v) is 15.5. The fourth-order valence-corrected chi connectivity index (χ4v) is 3.34. The molecule has 1 N–H and O–H groups in total. The first-order chi connectivity index (χ1) is 14.0. The van der Waals surface area contributed by atoms with Gasteiger partial charge in [-0.2, -0.15) is 31.4 Å². The van der Waals surface area contributed by atoms with E-state index in [9.17, 15) is 31.1 Å². The number of halogens is 6. The van der Waals surface area contributed by atoms with Gasteiger partial charge in [0.1, 0.15) is 5.39 Å². The van der Waals surface area contributed by atoms with Crippen LogP contribution in [0, 0.1) is 0 Å². The van der Waals surface area contributed by atoms with Crippen LogP contribution in [0.15, 0.2) is 23.1 Å². The van der Waals surface area contributed by atoms with Crippen LogP contribution in [-0.4, -0.2) is 24.7 Å². The molecule has 1 saturated carbocycles. The number of rotatable bonds is 4. The summed E-state index contributed by atoms with van der Waals surface area (Å²) >= 11 is 0. The molecule has 1 fully saturated rings. The van der Waals surface area contributed by atoms with Crippen LogP contribution in [0.5, 0.6) is 0 Å². The summed E-state index contributed by atoms with van der Waals surface area (Å²) in [6, 6.07) is 1.21. The molecule has 3 aromatic rings. The van der Waals surface area contributed by atoms with Crippen molar-refractivity contribution in [2.45, 2.75) is 50.5 Å². The summed E-state index contributed by atoms with van der Waals surface area (Å²) in [7, 11) is 0. The average molecular weight is 431 g/mol. The second-order valence-corrected chi connectivity index (χ2v) is 7.11. The number of pyridine rings is 1. The van der Waals surface area contributed by atoms with Gasteiger partial charge in [0.2, 0.25) is 5.82 Å². The van der Waals surface area contributed by atoms with E-state index in [4.69, 9.17) is 0 Å². The van der Waals surface area contributed by atoms with Crippen LogP contribution in [0.1, 0.15) is 60.9 Å². The van der Waals surface area contributed by atoms with E-state index >= 15 is 0 Å². The minimum Gasteiger partial charge on any atom is -0.302 e. The van der Waals surface area contributed by atoms with E-state index in [-0.39, 0.29) is 29.1 Å². The number of nitrogens with zero attached hydrogens (tertiary/aromatic N) is 4. The number of hydrogen-bond donors (Lipinski definition) is 1. The lowest BCUT2D eigenvalue weighted by atomic mass is 10.1. The number of H-pyrrole nitrogens is 1. The Bertz CT molecular complexity index is 1140. The quantitative estimate of drug-likeness (QED) is 0.621. The van der Waals surface area contributed by atoms with Crippen molar-refractivity contribution in [1.29, 1.82) is 0 Å². The molecule has 0 amide bonds. The SMILES string of the molecule is CCC(c1ccc(C(F)(F)F)cn1)n1nc(C2CC2)c2c(=O)[nH]c(C(F)(F)F)nc21. The lowest BCUT2D eigenvalue weighted by Crippen LogP contribution is -2.21. The van der Waals surface area contributed by atoms with Crippen LogP contribution in [0.3, 0.4) is 0 Å². The second-order valence-electron chi connectivity index (χ2n) is 7.11. The number of hydrogen-bond acceptors (Lipinski definition) is 4. The summed E-state index contributed by atoms with van der Waals surface area (Å²) in [6.45, 7) is 1.69. The number of aromatic nitrogens is 5. The Hall–Kier alpha value is -2.92. The number of fused-ring (bicyclic) bond motifs is 1. The molecule has 0 spiro atoms. The van der Waals surface area contributed by atoms with E-state index in [1.54, 1.807) is 11.9 Å². The number of nitrogens with one attached hydrogen (secondary N) is 1. The van der Waals surface area contributed by atoms with Crippen molar-refractivity contribution in [3.8, 4) is 0 Å². The van der Waals surface area contributed by atoms with Crippen molar-refractivity contribution < 1.29 is 26.3 Å². The van der Waals surface area contributed by atoms with Gasteiger partial charge in [-0.3, -0.25) is 9.78 Å². The van der Waals surface area contributed by atoms with Gasteiger partial charge in [-0.25, -0.2) is 9.67 Å². The predicted molar refractivity (Wildman–Crippen MR) is 92.8 cm³/mol. The van der Waals surface area contributed by atoms with Gasteiger partial charge in [-0.15, -0.1) is 0 Å². The van der Waals surface area contributed by atoms with Crippen LogP contribution in [0.25, 0.3) is 11.0 Å². The van der Waals surface area contributed by atoms with Gasteiger partial charge < -0.3 is 4.98 Å². The van der Waals surface area contributed by atoms with Crippen molar-refractivity contribution in [3.05, 3.63) is 51.5 Å². The van der Waals surface area contributed by atoms with Crippen LogP contribution in [0.2, 0.25) is 0 Å². The van der Waals surface area contributed by atoms with Gasteiger partial charge in [-0.05, 0) is 31.4 Å². The van der Waals surface area contributed by atoms with Gasteiger partial charge in [0.25, 0.3) is 5.56 Å². The van der Waals surface area contributed by atoms with E-state index in [0.29, 0.717) is 11.9 Å². The Labute approximate surface area is 165 Å². The van der Waals surface area contributed by atoms with Crippen LogP contribution < -0.4 is 5.56 Å². The van der Waals surface area contributed by atoms with Crippen LogP contribution in [0.4, 0.5) is 26.3 Å². The molecule has 12 heteroatoms. The zero-order valence-electron chi connectivity index (χ0n) is 15.5. The van der Waals surface area contributed by atoms with Crippen molar-refractivity contribution in [1.82, 2.24) is 24.7 Å². The third-order valence-corrected chi connectivity index (χ3v) is 4.96. The molecule has 0 radical (unpaired) electrons. The molecule has 1 atom stereocenters. The molecule has 1 unspecified atom stereocenters. The van der Waals surface area contributed by atoms with Crippen LogP contribution >= 0.6 is 0 Å². The molecular formula is C18H15F6N5O. The normalized spacial score (nSPS) is 16.2. The molecule has 0 aromatic carbocycles. The maximum Gasteiger partial charge on any atom is 0.449 e.